The summed E-state index contributed by atoms with van der Waals surface area (Å²) in [4.78, 5) is 35.2. The number of Topliss-reactive ketones (excluding diaryl/α,β-unsaturated/α-hetero) is 1. The Hall–Kier alpha value is -1.88. The summed E-state index contributed by atoms with van der Waals surface area (Å²) in [5.41, 5.74) is 5.65. The molecule has 2 rings (SSSR count). The summed E-state index contributed by atoms with van der Waals surface area (Å²) < 4.78 is 0. The summed E-state index contributed by atoms with van der Waals surface area (Å²) in [6.07, 6.45) is -0.0102. The maximum Gasteiger partial charge on any atom is 0.299 e. The maximum atomic E-state index is 11.7. The quantitative estimate of drug-likeness (QED) is 0.806. The van der Waals surface area contributed by atoms with Crippen molar-refractivity contribution in [1.82, 2.24) is 0 Å². The van der Waals surface area contributed by atoms with E-state index in [9.17, 15) is 14.4 Å². The summed E-state index contributed by atoms with van der Waals surface area (Å²) in [5, 5.41) is 0.311. The number of ketones is 1. The first-order valence-electron chi connectivity index (χ1n) is 4.95. The van der Waals surface area contributed by atoms with E-state index in [0.29, 0.717) is 10.7 Å². The van der Waals surface area contributed by atoms with Crippen molar-refractivity contribution in [3.05, 3.63) is 28.8 Å². The van der Waals surface area contributed by atoms with Crippen LogP contribution in [0.2, 0.25) is 5.02 Å². The molecule has 2 N–H and O–H groups in total. The van der Waals surface area contributed by atoms with Crippen LogP contribution in [0.3, 0.4) is 0 Å². The molecular formula is C11H9ClN2O3. The lowest BCUT2D eigenvalue weighted by Gasteiger charge is -2.16. The standard InChI is InChI=1S/C11H9ClN2O3/c12-7-3-1-2-6-9(7)14(5-4-8(13)15)11(17)10(6)16/h1-3H,4-5H2,(H2,13,15). The van der Waals surface area contributed by atoms with Crippen molar-refractivity contribution in [1.29, 1.82) is 0 Å². The predicted octanol–water partition coefficient (Wildman–Crippen LogP) is 0.745. The Kier molecular flexibility index (Phi) is 2.85. The zero-order valence-corrected chi connectivity index (χ0v) is 9.53. The van der Waals surface area contributed by atoms with Crippen LogP contribution in [0.4, 0.5) is 5.69 Å². The number of nitrogens with zero attached hydrogens (tertiary/aromatic N) is 1. The molecule has 6 heteroatoms. The minimum Gasteiger partial charge on any atom is -0.370 e. The van der Waals surface area contributed by atoms with E-state index in [1.54, 1.807) is 12.1 Å². The van der Waals surface area contributed by atoms with Gasteiger partial charge in [0.2, 0.25) is 5.91 Å². The first-order valence-corrected chi connectivity index (χ1v) is 5.33. The van der Waals surface area contributed by atoms with Gasteiger partial charge in [0, 0.05) is 13.0 Å². The number of para-hydroxylation sites is 1. The van der Waals surface area contributed by atoms with Gasteiger partial charge >= 0.3 is 0 Å². The van der Waals surface area contributed by atoms with Gasteiger partial charge in [-0.1, -0.05) is 17.7 Å². The number of fused-ring (bicyclic) bond motifs is 1. The van der Waals surface area contributed by atoms with Gasteiger partial charge in [-0.2, -0.15) is 0 Å². The van der Waals surface area contributed by atoms with E-state index in [0.717, 1.165) is 0 Å². The Morgan fingerprint density at radius 2 is 2.06 bits per heavy atom. The molecule has 1 aliphatic heterocycles. The molecule has 0 fully saturated rings. The third-order valence-electron chi connectivity index (χ3n) is 2.52. The number of nitrogens with two attached hydrogens (primary N) is 1. The molecule has 0 bridgehead atoms. The van der Waals surface area contributed by atoms with Crippen molar-refractivity contribution in [3.63, 3.8) is 0 Å². The normalized spacial score (nSPS) is 14.1. The summed E-state index contributed by atoms with van der Waals surface area (Å²) >= 11 is 5.95. The van der Waals surface area contributed by atoms with E-state index >= 15 is 0 Å². The van der Waals surface area contributed by atoms with Gasteiger partial charge < -0.3 is 10.6 Å². The molecule has 0 radical (unpaired) electrons. The van der Waals surface area contributed by atoms with Crippen LogP contribution in [0.15, 0.2) is 18.2 Å². The molecule has 0 spiro atoms. The number of hydrogen-bond acceptors (Lipinski definition) is 3. The van der Waals surface area contributed by atoms with Crippen LogP contribution < -0.4 is 10.6 Å². The predicted molar refractivity (Wildman–Crippen MR) is 61.9 cm³/mol. The Bertz CT molecular complexity index is 527. The van der Waals surface area contributed by atoms with Gasteiger partial charge in [-0.3, -0.25) is 14.4 Å². The monoisotopic (exact) mass is 252 g/mol. The van der Waals surface area contributed by atoms with Gasteiger partial charge in [0.05, 0.1) is 16.3 Å². The highest BCUT2D eigenvalue weighted by molar-refractivity contribution is 6.54. The van der Waals surface area contributed by atoms with Gasteiger partial charge in [-0.15, -0.1) is 0 Å². The van der Waals surface area contributed by atoms with Crippen LogP contribution in [-0.2, 0) is 9.59 Å². The average molecular weight is 253 g/mol. The van der Waals surface area contributed by atoms with E-state index < -0.39 is 17.6 Å². The van der Waals surface area contributed by atoms with Crippen LogP contribution in [0.5, 0.6) is 0 Å². The van der Waals surface area contributed by atoms with Gasteiger partial charge in [0.1, 0.15) is 0 Å². The van der Waals surface area contributed by atoms with E-state index in [4.69, 9.17) is 17.3 Å². The zero-order chi connectivity index (χ0) is 12.6. The molecule has 1 aromatic carbocycles. The minimum absolute atomic E-state index is 0.0102. The summed E-state index contributed by atoms with van der Waals surface area (Å²) in [5.74, 6) is -1.81. The molecule has 88 valence electrons. The van der Waals surface area contributed by atoms with Crippen LogP contribution in [0, 0.1) is 0 Å². The molecule has 1 aliphatic rings. The second-order valence-corrected chi connectivity index (χ2v) is 4.05. The third kappa shape index (κ3) is 1.89. The molecule has 1 heterocycles. The van der Waals surface area contributed by atoms with Crippen molar-refractivity contribution in [2.75, 3.05) is 11.4 Å². The van der Waals surface area contributed by atoms with Crippen LogP contribution >= 0.6 is 11.6 Å². The Morgan fingerprint density at radius 3 is 2.71 bits per heavy atom. The SMILES string of the molecule is NC(=O)CCN1C(=O)C(=O)c2cccc(Cl)c21. The summed E-state index contributed by atoms with van der Waals surface area (Å²) in [6, 6.07) is 4.72. The molecule has 2 amide bonds. The van der Waals surface area contributed by atoms with Gasteiger partial charge in [-0.05, 0) is 12.1 Å². The molecule has 0 aliphatic carbocycles. The fourth-order valence-electron chi connectivity index (χ4n) is 1.75. The number of carbonyl (C=O) groups is 3. The highest BCUT2D eigenvalue weighted by atomic mass is 35.5. The highest BCUT2D eigenvalue weighted by Crippen LogP contribution is 2.35. The fourth-order valence-corrected chi connectivity index (χ4v) is 2.02. The first kappa shape index (κ1) is 11.6. The number of rotatable bonds is 3. The van der Waals surface area contributed by atoms with E-state index in [1.807, 2.05) is 0 Å². The Balaban J connectivity index is 2.40. The molecular weight excluding hydrogens is 244 g/mol. The fraction of sp³-hybridized carbons (Fsp3) is 0.182. The second-order valence-electron chi connectivity index (χ2n) is 3.64. The lowest BCUT2D eigenvalue weighted by molar-refractivity contribution is -0.118. The molecule has 1 aromatic rings. The maximum absolute atomic E-state index is 11.7. The number of primary amides is 1. The Labute approximate surface area is 102 Å². The molecule has 5 nitrogen and oxygen atoms in total. The summed E-state index contributed by atoms with van der Waals surface area (Å²) in [7, 11) is 0. The molecule has 0 saturated carbocycles. The molecule has 0 unspecified atom stereocenters. The van der Waals surface area contributed by atoms with Crippen molar-refractivity contribution in [3.8, 4) is 0 Å². The Morgan fingerprint density at radius 1 is 1.35 bits per heavy atom. The van der Waals surface area contributed by atoms with Crippen LogP contribution in [0.25, 0.3) is 0 Å². The number of benzene rings is 1. The second kappa shape index (κ2) is 4.18. The number of anilines is 1. The number of carbonyl (C=O) groups excluding carboxylic acids is 3. The summed E-state index contributed by atoms with van der Waals surface area (Å²) in [6.45, 7) is 0.0661. The van der Waals surface area contributed by atoms with Crippen LogP contribution in [0.1, 0.15) is 16.8 Å². The van der Waals surface area contributed by atoms with Gasteiger partial charge in [0.15, 0.2) is 0 Å². The van der Waals surface area contributed by atoms with Crippen LogP contribution in [-0.4, -0.2) is 24.1 Å². The van der Waals surface area contributed by atoms with E-state index in [2.05, 4.69) is 0 Å². The zero-order valence-electron chi connectivity index (χ0n) is 8.77. The van der Waals surface area contributed by atoms with E-state index in [-0.39, 0.29) is 18.5 Å². The minimum atomic E-state index is -0.672. The third-order valence-corrected chi connectivity index (χ3v) is 2.83. The lowest BCUT2D eigenvalue weighted by atomic mass is 10.1. The average Bonchev–Trinajstić information content (AvgIpc) is 2.52. The highest BCUT2D eigenvalue weighted by Gasteiger charge is 2.37. The number of hydrogen-bond donors (Lipinski definition) is 1. The topological polar surface area (TPSA) is 80.5 Å². The van der Waals surface area contributed by atoms with Crippen molar-refractivity contribution < 1.29 is 14.4 Å². The molecule has 0 saturated heterocycles. The van der Waals surface area contributed by atoms with Gasteiger partial charge in [0.25, 0.3) is 11.7 Å². The number of halogens is 1. The lowest BCUT2D eigenvalue weighted by Crippen LogP contribution is -2.33. The van der Waals surface area contributed by atoms with Gasteiger partial charge in [-0.25, -0.2) is 0 Å². The smallest absolute Gasteiger partial charge is 0.299 e. The largest absolute Gasteiger partial charge is 0.370 e. The first-order chi connectivity index (χ1) is 8.02. The molecule has 17 heavy (non-hydrogen) atoms. The van der Waals surface area contributed by atoms with Crippen molar-refractivity contribution >= 4 is 34.9 Å². The van der Waals surface area contributed by atoms with Crippen molar-refractivity contribution in [2.45, 2.75) is 6.42 Å². The molecule has 0 atom stereocenters. The number of amides is 2. The van der Waals surface area contributed by atoms with Crippen molar-refractivity contribution in [2.24, 2.45) is 5.73 Å². The van der Waals surface area contributed by atoms with E-state index in [1.165, 1.54) is 11.0 Å². The molecule has 0 aromatic heterocycles.